The highest BCUT2D eigenvalue weighted by Gasteiger charge is 2.16. The predicted octanol–water partition coefficient (Wildman–Crippen LogP) is 4.56. The summed E-state index contributed by atoms with van der Waals surface area (Å²) in [6, 6.07) is 17.6. The fourth-order valence-corrected chi connectivity index (χ4v) is 2.76. The van der Waals surface area contributed by atoms with Crippen molar-refractivity contribution >= 4 is 23.5 Å². The molecular formula is C20H14ClN5O2. The number of ether oxygens (including phenoxy) is 1. The van der Waals surface area contributed by atoms with E-state index in [-0.39, 0.29) is 5.95 Å². The second kappa shape index (κ2) is 7.89. The van der Waals surface area contributed by atoms with Crippen LogP contribution in [0.3, 0.4) is 0 Å². The number of para-hydroxylation sites is 1. The molecule has 4 aromatic rings. The van der Waals surface area contributed by atoms with E-state index >= 15 is 0 Å². The van der Waals surface area contributed by atoms with Crippen molar-refractivity contribution in [2.45, 2.75) is 0 Å². The summed E-state index contributed by atoms with van der Waals surface area (Å²) >= 11 is 6.17. The topological polar surface area (TPSA) is 92.8 Å². The van der Waals surface area contributed by atoms with E-state index < -0.39 is 5.91 Å². The zero-order valence-corrected chi connectivity index (χ0v) is 15.2. The second-order valence-electron chi connectivity index (χ2n) is 5.73. The van der Waals surface area contributed by atoms with E-state index in [1.807, 2.05) is 18.2 Å². The van der Waals surface area contributed by atoms with Crippen LogP contribution >= 0.6 is 11.6 Å². The lowest BCUT2D eigenvalue weighted by molar-refractivity contribution is 0.102. The molecule has 2 heterocycles. The Bertz CT molecular complexity index is 1110. The summed E-state index contributed by atoms with van der Waals surface area (Å²) in [4.78, 5) is 21.0. The van der Waals surface area contributed by atoms with Gasteiger partial charge in [-0.2, -0.15) is 4.98 Å². The van der Waals surface area contributed by atoms with Crippen molar-refractivity contribution in [3.63, 3.8) is 0 Å². The molecule has 0 saturated carbocycles. The van der Waals surface area contributed by atoms with Crippen LogP contribution in [0.25, 0.3) is 11.4 Å². The average Bonchev–Trinajstić information content (AvgIpc) is 3.17. The first-order valence-corrected chi connectivity index (χ1v) is 8.74. The SMILES string of the molecule is O=C(Nc1n[nH]c(-c2ccccc2Cl)n1)c1ccccc1Oc1cccnc1. The van der Waals surface area contributed by atoms with E-state index in [1.54, 1.807) is 54.9 Å². The zero-order chi connectivity index (χ0) is 19.3. The molecule has 0 aliphatic heterocycles. The fourth-order valence-electron chi connectivity index (χ4n) is 2.54. The van der Waals surface area contributed by atoms with E-state index in [2.05, 4.69) is 25.5 Å². The summed E-state index contributed by atoms with van der Waals surface area (Å²) in [5.41, 5.74) is 1.04. The maximum atomic E-state index is 12.7. The van der Waals surface area contributed by atoms with Gasteiger partial charge in [0.2, 0.25) is 5.95 Å². The third kappa shape index (κ3) is 3.84. The van der Waals surface area contributed by atoms with Crippen LogP contribution < -0.4 is 10.1 Å². The maximum absolute atomic E-state index is 12.7. The lowest BCUT2D eigenvalue weighted by atomic mass is 10.2. The van der Waals surface area contributed by atoms with Gasteiger partial charge in [-0.1, -0.05) is 35.9 Å². The van der Waals surface area contributed by atoms with E-state index in [1.165, 1.54) is 0 Å². The van der Waals surface area contributed by atoms with E-state index in [0.717, 1.165) is 0 Å². The monoisotopic (exact) mass is 391 g/mol. The number of nitrogens with one attached hydrogen (secondary N) is 2. The number of benzene rings is 2. The smallest absolute Gasteiger partial charge is 0.261 e. The summed E-state index contributed by atoms with van der Waals surface area (Å²) in [7, 11) is 0. The molecule has 0 spiro atoms. The Morgan fingerprint density at radius 1 is 1.04 bits per heavy atom. The van der Waals surface area contributed by atoms with E-state index in [9.17, 15) is 4.79 Å². The number of aromatic nitrogens is 4. The Morgan fingerprint density at radius 2 is 1.86 bits per heavy atom. The van der Waals surface area contributed by atoms with E-state index in [4.69, 9.17) is 16.3 Å². The third-order valence-corrected chi connectivity index (χ3v) is 4.16. The molecule has 28 heavy (non-hydrogen) atoms. The van der Waals surface area contributed by atoms with Gasteiger partial charge in [-0.05, 0) is 36.4 Å². The number of hydrogen-bond acceptors (Lipinski definition) is 5. The summed E-state index contributed by atoms with van der Waals surface area (Å²) in [5.74, 6) is 1.12. The first-order chi connectivity index (χ1) is 13.7. The number of nitrogens with zero attached hydrogens (tertiary/aromatic N) is 3. The molecule has 0 fully saturated rings. The average molecular weight is 392 g/mol. The number of carbonyl (C=O) groups excluding carboxylic acids is 1. The fraction of sp³-hybridized carbons (Fsp3) is 0. The molecule has 0 aliphatic carbocycles. The molecule has 1 amide bonds. The molecule has 2 aromatic heterocycles. The van der Waals surface area contributed by atoms with Gasteiger partial charge < -0.3 is 4.74 Å². The number of hydrogen-bond donors (Lipinski definition) is 2. The van der Waals surface area contributed by atoms with Gasteiger partial charge in [-0.15, -0.1) is 5.10 Å². The molecule has 0 aliphatic rings. The van der Waals surface area contributed by atoms with Gasteiger partial charge in [0.25, 0.3) is 5.91 Å². The standard InChI is InChI=1S/C20H14ClN5O2/c21-16-9-3-1-7-14(16)18-23-20(26-25-18)24-19(27)15-8-2-4-10-17(15)28-13-6-5-11-22-12-13/h1-12H,(H2,23,24,25,26,27). The minimum Gasteiger partial charge on any atom is -0.455 e. The van der Waals surface area contributed by atoms with Gasteiger partial charge in [0.05, 0.1) is 16.8 Å². The van der Waals surface area contributed by atoms with Crippen molar-refractivity contribution in [3.8, 4) is 22.9 Å². The number of H-pyrrole nitrogens is 1. The molecule has 7 nitrogen and oxygen atoms in total. The van der Waals surface area contributed by atoms with Crippen LogP contribution in [0.15, 0.2) is 73.1 Å². The van der Waals surface area contributed by atoms with Crippen LogP contribution in [-0.4, -0.2) is 26.1 Å². The highest BCUT2D eigenvalue weighted by atomic mass is 35.5. The van der Waals surface area contributed by atoms with Crippen molar-refractivity contribution in [3.05, 3.63) is 83.6 Å². The van der Waals surface area contributed by atoms with Crippen LogP contribution in [0.2, 0.25) is 5.02 Å². The number of halogens is 1. The Morgan fingerprint density at radius 3 is 2.68 bits per heavy atom. The molecule has 138 valence electrons. The Balaban J connectivity index is 1.54. The van der Waals surface area contributed by atoms with Gasteiger partial charge in [-0.25, -0.2) is 0 Å². The first-order valence-electron chi connectivity index (χ1n) is 8.36. The molecule has 0 bridgehead atoms. The number of rotatable bonds is 5. The summed E-state index contributed by atoms with van der Waals surface area (Å²) < 4.78 is 5.77. The van der Waals surface area contributed by atoms with Crippen molar-refractivity contribution in [2.75, 3.05) is 5.32 Å². The molecule has 0 saturated heterocycles. The first kappa shape index (κ1) is 17.7. The van der Waals surface area contributed by atoms with Gasteiger partial charge in [0.1, 0.15) is 11.5 Å². The molecule has 2 aromatic carbocycles. The van der Waals surface area contributed by atoms with Crippen LogP contribution in [0.1, 0.15) is 10.4 Å². The summed E-state index contributed by atoms with van der Waals surface area (Å²) in [6.07, 6.45) is 3.21. The van der Waals surface area contributed by atoms with Gasteiger partial charge in [-0.3, -0.25) is 20.2 Å². The normalized spacial score (nSPS) is 10.5. The quantitative estimate of drug-likeness (QED) is 0.520. The molecule has 4 rings (SSSR count). The minimum atomic E-state index is -0.399. The van der Waals surface area contributed by atoms with Crippen molar-refractivity contribution < 1.29 is 9.53 Å². The molecule has 8 heteroatoms. The third-order valence-electron chi connectivity index (χ3n) is 3.83. The number of carbonyl (C=O) groups is 1. The number of aromatic amines is 1. The molecule has 0 radical (unpaired) electrons. The van der Waals surface area contributed by atoms with Gasteiger partial charge in [0.15, 0.2) is 5.82 Å². The largest absolute Gasteiger partial charge is 0.455 e. The van der Waals surface area contributed by atoms with Crippen LogP contribution in [0.5, 0.6) is 11.5 Å². The molecule has 0 atom stereocenters. The van der Waals surface area contributed by atoms with Crippen molar-refractivity contribution in [1.29, 1.82) is 0 Å². The summed E-state index contributed by atoms with van der Waals surface area (Å²) in [5, 5.41) is 10.0. The van der Waals surface area contributed by atoms with Gasteiger partial charge in [0, 0.05) is 11.8 Å². The highest BCUT2D eigenvalue weighted by molar-refractivity contribution is 6.33. The summed E-state index contributed by atoms with van der Waals surface area (Å²) in [6.45, 7) is 0. The van der Waals surface area contributed by atoms with Crippen molar-refractivity contribution in [2.24, 2.45) is 0 Å². The number of amides is 1. The Kier molecular flexibility index (Phi) is 4.99. The van der Waals surface area contributed by atoms with Crippen LogP contribution in [-0.2, 0) is 0 Å². The van der Waals surface area contributed by atoms with Gasteiger partial charge >= 0.3 is 0 Å². The van der Waals surface area contributed by atoms with Crippen LogP contribution in [0.4, 0.5) is 5.95 Å². The second-order valence-corrected chi connectivity index (χ2v) is 6.14. The number of pyridine rings is 1. The highest BCUT2D eigenvalue weighted by Crippen LogP contribution is 2.27. The molecule has 2 N–H and O–H groups in total. The Hall–Kier alpha value is -3.71. The predicted molar refractivity (Wildman–Crippen MR) is 106 cm³/mol. The van der Waals surface area contributed by atoms with Crippen LogP contribution in [0, 0.1) is 0 Å². The lowest BCUT2D eigenvalue weighted by Crippen LogP contribution is -2.14. The zero-order valence-electron chi connectivity index (χ0n) is 14.5. The lowest BCUT2D eigenvalue weighted by Gasteiger charge is -2.09. The maximum Gasteiger partial charge on any atom is 0.261 e. The van der Waals surface area contributed by atoms with Crippen molar-refractivity contribution in [1.82, 2.24) is 20.2 Å². The molecule has 0 unspecified atom stereocenters. The van der Waals surface area contributed by atoms with E-state index in [0.29, 0.717) is 33.5 Å². The molecular weight excluding hydrogens is 378 g/mol. The number of anilines is 1. The minimum absolute atomic E-state index is 0.135. The Labute approximate surface area is 165 Å².